The number of hydrogen-bond donors (Lipinski definition) is 1. The van der Waals surface area contributed by atoms with Crippen molar-refractivity contribution in [3.63, 3.8) is 0 Å². The Labute approximate surface area is 127 Å². The van der Waals surface area contributed by atoms with E-state index in [1.165, 1.54) is 0 Å². The maximum Gasteiger partial charge on any atom is 0.433 e. The van der Waals surface area contributed by atoms with Gasteiger partial charge in [0.2, 0.25) is 5.95 Å². The monoisotopic (exact) mass is 309 g/mol. The van der Waals surface area contributed by atoms with Gasteiger partial charge in [-0.25, -0.2) is 9.97 Å². The summed E-state index contributed by atoms with van der Waals surface area (Å²) < 4.78 is 39.1. The van der Waals surface area contributed by atoms with Crippen LogP contribution >= 0.6 is 0 Å². The van der Waals surface area contributed by atoms with Crippen LogP contribution in [0, 0.1) is 6.92 Å². The molecule has 0 aliphatic carbocycles. The molecular weight excluding hydrogens is 291 g/mol. The van der Waals surface area contributed by atoms with Crippen LogP contribution in [0.2, 0.25) is 0 Å². The minimum absolute atomic E-state index is 0.000231. The lowest BCUT2D eigenvalue weighted by Crippen LogP contribution is -2.18. The predicted octanol–water partition coefficient (Wildman–Crippen LogP) is 4.68. The van der Waals surface area contributed by atoms with E-state index in [0.29, 0.717) is 5.56 Å². The average molecular weight is 309 g/mol. The summed E-state index contributed by atoms with van der Waals surface area (Å²) in [6.07, 6.45) is -3.74. The molecule has 2 rings (SSSR count). The summed E-state index contributed by atoms with van der Waals surface area (Å²) in [7, 11) is 0. The van der Waals surface area contributed by atoms with Gasteiger partial charge in [0.15, 0.2) is 5.69 Å². The number of hydrogen-bond acceptors (Lipinski definition) is 3. The number of nitrogens with one attached hydrogen (secondary N) is 1. The van der Waals surface area contributed by atoms with Crippen molar-refractivity contribution in [1.29, 1.82) is 0 Å². The van der Waals surface area contributed by atoms with Crippen molar-refractivity contribution in [2.24, 2.45) is 0 Å². The minimum Gasteiger partial charge on any atom is -0.352 e. The van der Waals surface area contributed by atoms with Gasteiger partial charge in [0.25, 0.3) is 0 Å². The van der Waals surface area contributed by atoms with Gasteiger partial charge < -0.3 is 5.32 Å². The number of aryl methyl sites for hydroxylation is 1. The first-order chi connectivity index (χ1) is 10.3. The number of rotatable bonds is 4. The predicted molar refractivity (Wildman–Crippen MR) is 80.6 cm³/mol. The Kier molecular flexibility index (Phi) is 4.68. The Morgan fingerprint density at radius 3 is 2.32 bits per heavy atom. The fourth-order valence-corrected chi connectivity index (χ4v) is 1.85. The number of halogens is 3. The molecule has 1 atom stereocenters. The maximum absolute atomic E-state index is 13.0. The second-order valence-corrected chi connectivity index (χ2v) is 5.28. The van der Waals surface area contributed by atoms with Crippen LogP contribution in [0.15, 0.2) is 30.3 Å². The van der Waals surface area contributed by atoms with Crippen molar-refractivity contribution in [3.8, 4) is 11.3 Å². The van der Waals surface area contributed by atoms with Crippen LogP contribution in [0.4, 0.5) is 19.1 Å². The smallest absolute Gasteiger partial charge is 0.352 e. The highest BCUT2D eigenvalue weighted by Gasteiger charge is 2.33. The molecule has 118 valence electrons. The van der Waals surface area contributed by atoms with E-state index in [0.717, 1.165) is 18.1 Å². The zero-order valence-electron chi connectivity index (χ0n) is 12.7. The first-order valence-electron chi connectivity index (χ1n) is 7.09. The van der Waals surface area contributed by atoms with Crippen molar-refractivity contribution >= 4 is 5.95 Å². The quantitative estimate of drug-likeness (QED) is 0.891. The van der Waals surface area contributed by atoms with Crippen LogP contribution in [-0.4, -0.2) is 16.0 Å². The van der Waals surface area contributed by atoms with Crippen molar-refractivity contribution in [2.45, 2.75) is 39.4 Å². The zero-order valence-corrected chi connectivity index (χ0v) is 12.7. The van der Waals surface area contributed by atoms with E-state index in [4.69, 9.17) is 0 Å². The molecule has 0 bridgehead atoms. The fourth-order valence-electron chi connectivity index (χ4n) is 1.85. The van der Waals surface area contributed by atoms with E-state index in [2.05, 4.69) is 15.3 Å². The molecule has 1 N–H and O–H groups in total. The van der Waals surface area contributed by atoms with Crippen molar-refractivity contribution in [3.05, 3.63) is 41.6 Å². The highest BCUT2D eigenvalue weighted by atomic mass is 19.4. The number of benzene rings is 1. The summed E-state index contributed by atoms with van der Waals surface area (Å²) in [5.74, 6) is -0.000231. The first kappa shape index (κ1) is 16.3. The number of anilines is 1. The lowest BCUT2D eigenvalue weighted by Gasteiger charge is -2.15. The van der Waals surface area contributed by atoms with Crippen molar-refractivity contribution in [2.75, 3.05) is 5.32 Å². The molecule has 1 aromatic carbocycles. The Balaban J connectivity index is 2.48. The first-order valence-corrected chi connectivity index (χ1v) is 7.09. The summed E-state index contributed by atoms with van der Waals surface area (Å²) in [4.78, 5) is 7.80. The lowest BCUT2D eigenvalue weighted by atomic mass is 10.1. The van der Waals surface area contributed by atoms with E-state index in [9.17, 15) is 13.2 Å². The lowest BCUT2D eigenvalue weighted by molar-refractivity contribution is -0.141. The number of aromatic nitrogens is 2. The molecule has 0 aliphatic heterocycles. The second-order valence-electron chi connectivity index (χ2n) is 5.28. The van der Waals surface area contributed by atoms with Gasteiger partial charge in [-0.1, -0.05) is 36.8 Å². The van der Waals surface area contributed by atoms with Gasteiger partial charge in [-0.2, -0.15) is 13.2 Å². The van der Waals surface area contributed by atoms with Crippen LogP contribution in [0.5, 0.6) is 0 Å². The van der Waals surface area contributed by atoms with E-state index in [-0.39, 0.29) is 17.7 Å². The van der Waals surface area contributed by atoms with E-state index >= 15 is 0 Å². The van der Waals surface area contributed by atoms with Gasteiger partial charge in [-0.05, 0) is 26.3 Å². The molecule has 0 unspecified atom stereocenters. The zero-order chi connectivity index (χ0) is 16.3. The summed E-state index contributed by atoms with van der Waals surface area (Å²) in [6, 6.07) is 8.16. The number of alkyl halides is 3. The van der Waals surface area contributed by atoms with Gasteiger partial charge >= 0.3 is 6.18 Å². The van der Waals surface area contributed by atoms with Crippen LogP contribution in [-0.2, 0) is 6.18 Å². The molecular formula is C16H18F3N3. The van der Waals surface area contributed by atoms with E-state index in [1.807, 2.05) is 32.9 Å². The third-order valence-corrected chi connectivity index (χ3v) is 3.35. The Morgan fingerprint density at radius 1 is 1.14 bits per heavy atom. The van der Waals surface area contributed by atoms with Gasteiger partial charge in [0.05, 0.1) is 5.69 Å². The van der Waals surface area contributed by atoms with Crippen LogP contribution in [0.3, 0.4) is 0 Å². The van der Waals surface area contributed by atoms with Crippen LogP contribution in [0.1, 0.15) is 31.5 Å². The van der Waals surface area contributed by atoms with E-state index in [1.54, 1.807) is 12.1 Å². The highest BCUT2D eigenvalue weighted by Crippen LogP contribution is 2.31. The standard InChI is InChI=1S/C16H18F3N3/c1-4-11(3)20-15-21-13(9-14(22-15)16(17,18)19)12-7-5-10(2)6-8-12/h5-9,11H,4H2,1-3H3,(H,20,21,22)/t11-/m0/s1. The summed E-state index contributed by atoms with van der Waals surface area (Å²) in [5.41, 5.74) is 0.981. The molecule has 0 fully saturated rings. The molecule has 1 heterocycles. The fraction of sp³-hybridized carbons (Fsp3) is 0.375. The molecule has 6 heteroatoms. The molecule has 0 saturated heterocycles. The summed E-state index contributed by atoms with van der Waals surface area (Å²) in [5, 5.41) is 2.90. The summed E-state index contributed by atoms with van der Waals surface area (Å²) in [6.45, 7) is 5.72. The molecule has 22 heavy (non-hydrogen) atoms. The third-order valence-electron chi connectivity index (χ3n) is 3.35. The molecule has 0 radical (unpaired) electrons. The van der Waals surface area contributed by atoms with Crippen molar-refractivity contribution in [1.82, 2.24) is 9.97 Å². The molecule has 1 aromatic heterocycles. The molecule has 0 saturated carbocycles. The van der Waals surface area contributed by atoms with Gasteiger partial charge in [-0.15, -0.1) is 0 Å². The van der Waals surface area contributed by atoms with Gasteiger partial charge in [0, 0.05) is 11.6 Å². The molecule has 2 aromatic rings. The largest absolute Gasteiger partial charge is 0.433 e. The SMILES string of the molecule is CC[C@H](C)Nc1nc(-c2ccc(C)cc2)cc(C(F)(F)F)n1. The Hall–Kier alpha value is -2.11. The van der Waals surface area contributed by atoms with Crippen LogP contribution < -0.4 is 5.32 Å². The second kappa shape index (κ2) is 6.34. The van der Waals surface area contributed by atoms with Gasteiger partial charge in [0.1, 0.15) is 0 Å². The van der Waals surface area contributed by atoms with Crippen molar-refractivity contribution < 1.29 is 13.2 Å². The molecule has 0 amide bonds. The average Bonchev–Trinajstić information content (AvgIpc) is 2.46. The van der Waals surface area contributed by atoms with Crippen LogP contribution in [0.25, 0.3) is 11.3 Å². The minimum atomic E-state index is -4.51. The third kappa shape index (κ3) is 3.96. The van der Waals surface area contributed by atoms with E-state index < -0.39 is 11.9 Å². The van der Waals surface area contributed by atoms with Gasteiger partial charge in [-0.3, -0.25) is 0 Å². The highest BCUT2D eigenvalue weighted by molar-refractivity contribution is 5.61. The Morgan fingerprint density at radius 2 is 1.77 bits per heavy atom. The maximum atomic E-state index is 13.0. The summed E-state index contributed by atoms with van der Waals surface area (Å²) >= 11 is 0. The molecule has 0 aliphatic rings. The topological polar surface area (TPSA) is 37.8 Å². The number of nitrogens with zero attached hydrogens (tertiary/aromatic N) is 2. The molecule has 3 nitrogen and oxygen atoms in total. The molecule has 0 spiro atoms. The normalized spacial score (nSPS) is 13.0. The Bertz CT molecular complexity index is 636.